The van der Waals surface area contributed by atoms with Crippen LogP contribution < -0.4 is 10.6 Å². The molecule has 3 rings (SSSR count). The van der Waals surface area contributed by atoms with Crippen molar-refractivity contribution in [3.63, 3.8) is 0 Å². The fourth-order valence-corrected chi connectivity index (χ4v) is 3.91. The molecule has 0 bridgehead atoms. The van der Waals surface area contributed by atoms with Gasteiger partial charge in [0.05, 0.1) is 5.92 Å². The lowest BCUT2D eigenvalue weighted by atomic mass is 9.74. The number of aryl methyl sites for hydroxylation is 1. The Kier molecular flexibility index (Phi) is 5.46. The second-order valence-electron chi connectivity index (χ2n) is 8.75. The zero-order valence-electron chi connectivity index (χ0n) is 16.7. The van der Waals surface area contributed by atoms with E-state index in [1.54, 1.807) is 6.92 Å². The monoisotopic (exact) mass is 390 g/mol. The number of nitrogens with one attached hydrogen (secondary N) is 2. The Hall–Kier alpha value is -2.44. The summed E-state index contributed by atoms with van der Waals surface area (Å²) >= 11 is 0. The maximum Gasteiger partial charge on any atom is 0.407 e. The summed E-state index contributed by atoms with van der Waals surface area (Å²) in [7, 11) is 0. The number of hydrogen-bond acceptors (Lipinski definition) is 4. The number of imide groups is 1. The van der Waals surface area contributed by atoms with E-state index in [0.29, 0.717) is 17.5 Å². The van der Waals surface area contributed by atoms with Gasteiger partial charge in [0.25, 0.3) is 0 Å². The van der Waals surface area contributed by atoms with Crippen molar-refractivity contribution in [3.8, 4) is 0 Å². The Labute approximate surface area is 164 Å². The average molecular weight is 390 g/mol. The Morgan fingerprint density at radius 1 is 1.25 bits per heavy atom. The van der Waals surface area contributed by atoms with Gasteiger partial charge in [0, 0.05) is 18.0 Å². The lowest BCUT2D eigenvalue weighted by molar-refractivity contribution is -0.134. The zero-order valence-corrected chi connectivity index (χ0v) is 16.7. The first-order valence-corrected chi connectivity index (χ1v) is 9.66. The van der Waals surface area contributed by atoms with Crippen LogP contribution in [0.3, 0.4) is 0 Å². The van der Waals surface area contributed by atoms with Gasteiger partial charge in [-0.1, -0.05) is 6.07 Å². The first kappa shape index (κ1) is 20.3. The number of halogens is 1. The van der Waals surface area contributed by atoms with Gasteiger partial charge >= 0.3 is 6.09 Å². The smallest absolute Gasteiger partial charge is 0.407 e. The van der Waals surface area contributed by atoms with Crippen molar-refractivity contribution in [2.45, 2.75) is 76.9 Å². The highest BCUT2D eigenvalue weighted by Gasteiger charge is 2.35. The number of hydrogen-bond donors (Lipinski definition) is 2. The van der Waals surface area contributed by atoms with E-state index in [-0.39, 0.29) is 24.3 Å². The van der Waals surface area contributed by atoms with E-state index in [1.807, 2.05) is 26.8 Å². The van der Waals surface area contributed by atoms with Crippen molar-refractivity contribution in [3.05, 3.63) is 34.6 Å². The number of carbonyl (C=O) groups is 3. The molecule has 1 aliphatic carbocycles. The van der Waals surface area contributed by atoms with Crippen LogP contribution in [0.25, 0.3) is 0 Å². The molecule has 2 aliphatic rings. The number of alkyl carbamates (subject to hydrolysis) is 1. The molecule has 0 spiro atoms. The number of rotatable bonds is 3. The van der Waals surface area contributed by atoms with Gasteiger partial charge in [0.1, 0.15) is 11.4 Å². The quantitative estimate of drug-likeness (QED) is 0.775. The Balaban J connectivity index is 1.64. The molecule has 1 atom stereocenters. The molecule has 6 nitrogen and oxygen atoms in total. The van der Waals surface area contributed by atoms with E-state index in [1.165, 1.54) is 6.07 Å². The second-order valence-corrected chi connectivity index (χ2v) is 8.75. The minimum absolute atomic E-state index is 0.0121. The third-order valence-electron chi connectivity index (χ3n) is 5.28. The summed E-state index contributed by atoms with van der Waals surface area (Å²) in [4.78, 5) is 35.3. The molecular formula is C21H27FN2O4. The molecule has 1 heterocycles. The highest BCUT2D eigenvalue weighted by molar-refractivity contribution is 6.01. The number of ether oxygens (including phenoxy) is 1. The standard InChI is InChI=1S/C21H27FN2O4/c1-11-7-12(13-8-14(9-13)23-20(27)28-21(2,3)4)10-16(22)18(11)15-5-6-17(25)24-19(15)26/h7,10,13-15H,5-6,8-9H2,1-4H3,(H,23,27)(H,24,25,26). The summed E-state index contributed by atoms with van der Waals surface area (Å²) in [6.07, 6.45) is 1.54. The summed E-state index contributed by atoms with van der Waals surface area (Å²) < 4.78 is 20.1. The fourth-order valence-electron chi connectivity index (χ4n) is 3.91. The summed E-state index contributed by atoms with van der Waals surface area (Å²) in [6, 6.07) is 3.41. The van der Waals surface area contributed by atoms with E-state index in [4.69, 9.17) is 4.74 Å². The van der Waals surface area contributed by atoms with Gasteiger partial charge in [0.2, 0.25) is 11.8 Å². The molecular weight excluding hydrogens is 363 g/mol. The third kappa shape index (κ3) is 4.51. The first-order chi connectivity index (χ1) is 13.0. The van der Waals surface area contributed by atoms with Crippen LogP contribution in [0.5, 0.6) is 0 Å². The lowest BCUT2D eigenvalue weighted by Gasteiger charge is -2.37. The van der Waals surface area contributed by atoms with Gasteiger partial charge in [-0.15, -0.1) is 0 Å². The number of amides is 3. The van der Waals surface area contributed by atoms with Crippen LogP contribution in [0.2, 0.25) is 0 Å². The number of benzene rings is 1. The van der Waals surface area contributed by atoms with Crippen molar-refractivity contribution < 1.29 is 23.5 Å². The van der Waals surface area contributed by atoms with Gasteiger partial charge in [-0.3, -0.25) is 14.9 Å². The van der Waals surface area contributed by atoms with Crippen LogP contribution in [0, 0.1) is 12.7 Å². The molecule has 1 aliphatic heterocycles. The van der Waals surface area contributed by atoms with Gasteiger partial charge in [-0.05, 0) is 70.1 Å². The van der Waals surface area contributed by atoms with Crippen LogP contribution >= 0.6 is 0 Å². The molecule has 0 aromatic heterocycles. The predicted octanol–water partition coefficient (Wildman–Crippen LogP) is 3.43. The van der Waals surface area contributed by atoms with Crippen molar-refractivity contribution in [1.82, 2.24) is 10.6 Å². The second kappa shape index (κ2) is 7.53. The zero-order chi connectivity index (χ0) is 20.6. The predicted molar refractivity (Wildman–Crippen MR) is 101 cm³/mol. The fraction of sp³-hybridized carbons (Fsp3) is 0.571. The van der Waals surface area contributed by atoms with Crippen LogP contribution in [-0.4, -0.2) is 29.6 Å². The summed E-state index contributed by atoms with van der Waals surface area (Å²) in [5, 5.41) is 5.12. The number of piperidine rings is 1. The minimum Gasteiger partial charge on any atom is -0.444 e. The number of carbonyl (C=O) groups excluding carboxylic acids is 3. The molecule has 1 unspecified atom stereocenters. The van der Waals surface area contributed by atoms with Crippen molar-refractivity contribution in [2.75, 3.05) is 0 Å². The molecule has 28 heavy (non-hydrogen) atoms. The van der Waals surface area contributed by atoms with E-state index < -0.39 is 29.3 Å². The SMILES string of the molecule is Cc1cc(C2CC(NC(=O)OC(C)(C)C)C2)cc(F)c1C1CCC(=O)NC1=O. The molecule has 7 heteroatoms. The van der Waals surface area contributed by atoms with Crippen LogP contribution in [0.1, 0.15) is 75.0 Å². The largest absolute Gasteiger partial charge is 0.444 e. The summed E-state index contributed by atoms with van der Waals surface area (Å²) in [6.45, 7) is 7.23. The van der Waals surface area contributed by atoms with Crippen LogP contribution in [0.15, 0.2) is 12.1 Å². The van der Waals surface area contributed by atoms with E-state index in [0.717, 1.165) is 18.4 Å². The van der Waals surface area contributed by atoms with E-state index in [9.17, 15) is 18.8 Å². The maximum atomic E-state index is 14.8. The molecule has 2 fully saturated rings. The molecule has 2 N–H and O–H groups in total. The summed E-state index contributed by atoms with van der Waals surface area (Å²) in [5.41, 5.74) is 1.41. The molecule has 0 radical (unpaired) electrons. The Morgan fingerprint density at radius 2 is 1.93 bits per heavy atom. The van der Waals surface area contributed by atoms with Gasteiger partial charge in [-0.25, -0.2) is 9.18 Å². The Morgan fingerprint density at radius 3 is 2.50 bits per heavy atom. The lowest BCUT2D eigenvalue weighted by Crippen LogP contribution is -2.45. The highest BCUT2D eigenvalue weighted by atomic mass is 19.1. The third-order valence-corrected chi connectivity index (χ3v) is 5.28. The van der Waals surface area contributed by atoms with Gasteiger partial charge in [-0.2, -0.15) is 0 Å². The van der Waals surface area contributed by atoms with Crippen molar-refractivity contribution in [2.24, 2.45) is 0 Å². The van der Waals surface area contributed by atoms with Gasteiger partial charge < -0.3 is 10.1 Å². The molecule has 1 saturated carbocycles. The maximum absolute atomic E-state index is 14.8. The van der Waals surface area contributed by atoms with E-state index in [2.05, 4.69) is 10.6 Å². The normalized spacial score (nSPS) is 25.0. The molecule has 1 aromatic carbocycles. The topological polar surface area (TPSA) is 84.5 Å². The van der Waals surface area contributed by atoms with Gasteiger partial charge in [0.15, 0.2) is 0 Å². The minimum atomic E-state index is -0.630. The first-order valence-electron chi connectivity index (χ1n) is 9.66. The summed E-state index contributed by atoms with van der Waals surface area (Å²) in [5.74, 6) is -1.63. The van der Waals surface area contributed by atoms with Crippen LogP contribution in [0.4, 0.5) is 9.18 Å². The molecule has 1 aromatic rings. The van der Waals surface area contributed by atoms with Crippen molar-refractivity contribution in [1.29, 1.82) is 0 Å². The Bertz CT molecular complexity index is 786. The van der Waals surface area contributed by atoms with Crippen LogP contribution in [-0.2, 0) is 14.3 Å². The highest BCUT2D eigenvalue weighted by Crippen LogP contribution is 2.39. The van der Waals surface area contributed by atoms with Crippen molar-refractivity contribution >= 4 is 17.9 Å². The molecule has 3 amide bonds. The molecule has 1 saturated heterocycles. The molecule has 152 valence electrons. The van der Waals surface area contributed by atoms with E-state index >= 15 is 0 Å². The average Bonchev–Trinajstić information content (AvgIpc) is 2.50.